The van der Waals surface area contributed by atoms with E-state index in [9.17, 15) is 9.59 Å². The third-order valence-corrected chi connectivity index (χ3v) is 1.68. The van der Waals surface area contributed by atoms with Crippen LogP contribution in [-0.4, -0.2) is 52.9 Å². The Morgan fingerprint density at radius 3 is 2.60 bits per heavy atom. The summed E-state index contributed by atoms with van der Waals surface area (Å²) in [7, 11) is 0. The fourth-order valence-electron chi connectivity index (χ4n) is 0.821. The molecule has 0 spiro atoms. The van der Waals surface area contributed by atoms with E-state index in [1.165, 1.54) is 4.90 Å². The average molecular weight is 214 g/mol. The smallest absolute Gasteiger partial charge is 0.334 e. The van der Waals surface area contributed by atoms with Crippen LogP contribution in [0.25, 0.3) is 0 Å². The van der Waals surface area contributed by atoms with Crippen molar-refractivity contribution >= 4 is 12.0 Å². The highest BCUT2D eigenvalue weighted by Crippen LogP contribution is 1.88. The van der Waals surface area contributed by atoms with E-state index in [1.807, 2.05) is 0 Å². The van der Waals surface area contributed by atoms with Crippen LogP contribution in [0.4, 0.5) is 4.79 Å². The fraction of sp³-hybridized carbons (Fsp3) is 0.556. The first-order chi connectivity index (χ1) is 7.02. The standard InChI is InChI=1S/C9H14N2O4/c1-3-5-11(4-2)9(15)10-6-7(12)8(13)14/h1,7,12H,4-6H2,2H3,(H,10,15)(H,13,14). The molecule has 0 heterocycles. The van der Waals surface area contributed by atoms with Crippen LogP contribution in [0.15, 0.2) is 0 Å². The third-order valence-electron chi connectivity index (χ3n) is 1.68. The number of aliphatic hydroxyl groups is 1. The van der Waals surface area contributed by atoms with E-state index >= 15 is 0 Å². The zero-order valence-electron chi connectivity index (χ0n) is 8.43. The van der Waals surface area contributed by atoms with Crippen LogP contribution in [0.1, 0.15) is 6.92 Å². The van der Waals surface area contributed by atoms with Gasteiger partial charge >= 0.3 is 12.0 Å². The first-order valence-corrected chi connectivity index (χ1v) is 4.40. The van der Waals surface area contributed by atoms with Gasteiger partial charge in [-0.1, -0.05) is 5.92 Å². The van der Waals surface area contributed by atoms with Crippen molar-refractivity contribution in [3.05, 3.63) is 0 Å². The number of nitrogens with one attached hydrogen (secondary N) is 1. The molecule has 0 aliphatic carbocycles. The third kappa shape index (κ3) is 4.88. The van der Waals surface area contributed by atoms with Gasteiger partial charge in [-0.15, -0.1) is 6.42 Å². The number of nitrogens with zero attached hydrogens (tertiary/aromatic N) is 1. The maximum atomic E-state index is 11.3. The summed E-state index contributed by atoms with van der Waals surface area (Å²) in [6, 6.07) is -0.490. The van der Waals surface area contributed by atoms with Crippen LogP contribution in [0.2, 0.25) is 0 Å². The second kappa shape index (κ2) is 6.68. The molecule has 1 unspecified atom stereocenters. The lowest BCUT2D eigenvalue weighted by Crippen LogP contribution is -2.44. The van der Waals surface area contributed by atoms with Crippen molar-refractivity contribution in [3.8, 4) is 12.3 Å². The van der Waals surface area contributed by atoms with Crippen molar-refractivity contribution in [2.75, 3.05) is 19.6 Å². The average Bonchev–Trinajstić information content (AvgIpc) is 2.21. The fourth-order valence-corrected chi connectivity index (χ4v) is 0.821. The Balaban J connectivity index is 4.02. The number of carbonyl (C=O) groups excluding carboxylic acids is 1. The number of carboxylic acid groups (broad SMARTS) is 1. The summed E-state index contributed by atoms with van der Waals surface area (Å²) in [5.41, 5.74) is 0. The van der Waals surface area contributed by atoms with Gasteiger partial charge in [0.1, 0.15) is 0 Å². The number of terminal acetylenes is 1. The topological polar surface area (TPSA) is 89.9 Å². The first kappa shape index (κ1) is 13.3. The van der Waals surface area contributed by atoms with Gasteiger partial charge in [0.2, 0.25) is 0 Å². The molecule has 0 saturated heterocycles. The summed E-state index contributed by atoms with van der Waals surface area (Å²) < 4.78 is 0. The van der Waals surface area contributed by atoms with E-state index < -0.39 is 18.1 Å². The number of hydrogen-bond donors (Lipinski definition) is 3. The summed E-state index contributed by atoms with van der Waals surface area (Å²) in [5.74, 6) is 0.917. The van der Waals surface area contributed by atoms with Crippen LogP contribution in [0, 0.1) is 12.3 Å². The Morgan fingerprint density at radius 1 is 1.60 bits per heavy atom. The lowest BCUT2D eigenvalue weighted by Gasteiger charge is -2.19. The number of urea groups is 1. The Hall–Kier alpha value is -1.74. The summed E-state index contributed by atoms with van der Waals surface area (Å²) >= 11 is 0. The normalized spacial score (nSPS) is 11.3. The van der Waals surface area contributed by atoms with E-state index in [-0.39, 0.29) is 13.1 Å². The zero-order chi connectivity index (χ0) is 11.8. The van der Waals surface area contributed by atoms with Crippen molar-refractivity contribution in [2.45, 2.75) is 13.0 Å². The van der Waals surface area contributed by atoms with Gasteiger partial charge in [-0.05, 0) is 6.92 Å². The Morgan fingerprint density at radius 2 is 2.20 bits per heavy atom. The molecule has 0 saturated carbocycles. The number of carboxylic acids is 1. The minimum atomic E-state index is -1.60. The van der Waals surface area contributed by atoms with Gasteiger partial charge in [0, 0.05) is 6.54 Å². The predicted molar refractivity (Wildman–Crippen MR) is 53.1 cm³/mol. The van der Waals surface area contributed by atoms with E-state index in [1.54, 1.807) is 6.92 Å². The molecule has 0 aromatic carbocycles. The zero-order valence-corrected chi connectivity index (χ0v) is 8.43. The SMILES string of the molecule is C#CCN(CC)C(=O)NCC(O)C(=O)O. The van der Waals surface area contributed by atoms with Crippen LogP contribution in [0.5, 0.6) is 0 Å². The van der Waals surface area contributed by atoms with Crippen LogP contribution >= 0.6 is 0 Å². The van der Waals surface area contributed by atoms with E-state index in [4.69, 9.17) is 16.6 Å². The monoisotopic (exact) mass is 214 g/mol. The molecule has 0 aromatic rings. The number of carbonyl (C=O) groups is 2. The molecule has 0 fully saturated rings. The molecule has 3 N–H and O–H groups in total. The lowest BCUT2D eigenvalue weighted by molar-refractivity contribution is -0.146. The first-order valence-electron chi connectivity index (χ1n) is 4.40. The molecule has 15 heavy (non-hydrogen) atoms. The van der Waals surface area contributed by atoms with Crippen molar-refractivity contribution < 1.29 is 19.8 Å². The number of amides is 2. The quantitative estimate of drug-likeness (QED) is 0.517. The molecule has 6 nitrogen and oxygen atoms in total. The second-order valence-corrected chi connectivity index (χ2v) is 2.76. The summed E-state index contributed by atoms with van der Waals surface area (Å²) in [5, 5.41) is 19.5. The number of hydrogen-bond acceptors (Lipinski definition) is 3. The molecule has 1 atom stereocenters. The summed E-state index contributed by atoms with van der Waals surface area (Å²) in [6.07, 6.45) is 3.43. The van der Waals surface area contributed by atoms with E-state index in [0.29, 0.717) is 6.54 Å². The van der Waals surface area contributed by atoms with Crippen LogP contribution in [0.3, 0.4) is 0 Å². The largest absolute Gasteiger partial charge is 0.479 e. The second-order valence-electron chi connectivity index (χ2n) is 2.76. The molecule has 84 valence electrons. The van der Waals surface area contributed by atoms with Gasteiger partial charge < -0.3 is 20.4 Å². The molecule has 0 bridgehead atoms. The van der Waals surface area contributed by atoms with Gasteiger partial charge in [-0.2, -0.15) is 0 Å². The Labute approximate surface area is 87.9 Å². The molecule has 2 amide bonds. The van der Waals surface area contributed by atoms with Gasteiger partial charge in [-0.25, -0.2) is 9.59 Å². The highest BCUT2D eigenvalue weighted by Gasteiger charge is 2.16. The van der Waals surface area contributed by atoms with Crippen molar-refractivity contribution in [2.24, 2.45) is 0 Å². The lowest BCUT2D eigenvalue weighted by atomic mass is 10.3. The molecule has 0 aliphatic heterocycles. The molecule has 0 aliphatic rings. The number of aliphatic hydroxyl groups excluding tert-OH is 1. The summed E-state index contributed by atoms with van der Waals surface area (Å²) in [4.78, 5) is 22.9. The van der Waals surface area contributed by atoms with Crippen LogP contribution < -0.4 is 5.32 Å². The van der Waals surface area contributed by atoms with E-state index in [2.05, 4.69) is 11.2 Å². The Bertz CT molecular complexity index is 272. The van der Waals surface area contributed by atoms with Crippen LogP contribution in [-0.2, 0) is 4.79 Å². The van der Waals surface area contributed by atoms with Crippen molar-refractivity contribution in [3.63, 3.8) is 0 Å². The van der Waals surface area contributed by atoms with Crippen molar-refractivity contribution in [1.29, 1.82) is 0 Å². The van der Waals surface area contributed by atoms with Gasteiger partial charge in [0.25, 0.3) is 0 Å². The predicted octanol–water partition coefficient (Wildman–Crippen LogP) is -0.903. The molecule has 0 radical (unpaired) electrons. The van der Waals surface area contributed by atoms with E-state index in [0.717, 1.165) is 0 Å². The molecule has 0 aromatic heterocycles. The minimum absolute atomic E-state index is 0.144. The number of aliphatic carboxylic acids is 1. The molecule has 0 rings (SSSR count). The van der Waals surface area contributed by atoms with Gasteiger partial charge in [0.05, 0.1) is 13.1 Å². The maximum absolute atomic E-state index is 11.3. The Kier molecular flexibility index (Phi) is 5.90. The molecule has 6 heteroatoms. The minimum Gasteiger partial charge on any atom is -0.479 e. The highest BCUT2D eigenvalue weighted by molar-refractivity contribution is 5.76. The van der Waals surface area contributed by atoms with Gasteiger partial charge in [0.15, 0.2) is 6.10 Å². The molecular formula is C9H14N2O4. The molecular weight excluding hydrogens is 200 g/mol. The summed E-state index contributed by atoms with van der Waals surface area (Å²) in [6.45, 7) is 1.96. The van der Waals surface area contributed by atoms with Gasteiger partial charge in [-0.3, -0.25) is 0 Å². The van der Waals surface area contributed by atoms with Crippen molar-refractivity contribution in [1.82, 2.24) is 10.2 Å². The maximum Gasteiger partial charge on any atom is 0.334 e. The number of rotatable bonds is 5. The highest BCUT2D eigenvalue weighted by atomic mass is 16.4.